The number of hydrogen-bond donors (Lipinski definition) is 7. The molecule has 0 unspecified atom stereocenters. The molecule has 0 aliphatic heterocycles. The van der Waals surface area contributed by atoms with Crippen LogP contribution in [-0.2, 0) is 16.0 Å². The summed E-state index contributed by atoms with van der Waals surface area (Å²) in [4.78, 5) is 27.7. The molecule has 0 spiro atoms. The van der Waals surface area contributed by atoms with Gasteiger partial charge in [-0.15, -0.1) is 0 Å². The van der Waals surface area contributed by atoms with Crippen LogP contribution in [-0.4, -0.2) is 41.5 Å². The topological polar surface area (TPSA) is 195 Å². The van der Waals surface area contributed by atoms with Gasteiger partial charge in [0.25, 0.3) is 0 Å². The second kappa shape index (κ2) is 10.9. The molecule has 0 aliphatic carbocycles. The van der Waals surface area contributed by atoms with Crippen LogP contribution in [0.2, 0.25) is 0 Å². The minimum absolute atomic E-state index is 0.0125. The van der Waals surface area contributed by atoms with Gasteiger partial charge in [0.05, 0.1) is 0 Å². The summed E-state index contributed by atoms with van der Waals surface area (Å²) in [6, 6.07) is 5.18. The Kier molecular flexibility index (Phi) is 8.88. The average Bonchev–Trinajstić information content (AvgIpc) is 2.58. The Morgan fingerprint density at radius 3 is 2.35 bits per heavy atom. The Bertz CT molecular complexity index is 615. The molecule has 0 radical (unpaired) electrons. The lowest BCUT2D eigenvalue weighted by Crippen LogP contribution is -2.48. The van der Waals surface area contributed by atoms with Gasteiger partial charge in [-0.05, 0) is 30.5 Å². The normalized spacial score (nSPS) is 12.8. The van der Waals surface area contributed by atoms with Gasteiger partial charge in [0.2, 0.25) is 11.8 Å². The lowest BCUT2D eigenvalue weighted by molar-refractivity contribution is -0.127. The molecule has 2 atom stereocenters. The van der Waals surface area contributed by atoms with Crippen molar-refractivity contribution in [1.29, 1.82) is 0 Å². The largest absolute Gasteiger partial charge is 0.508 e. The summed E-state index contributed by atoms with van der Waals surface area (Å²) in [6.45, 7) is 0.437. The minimum Gasteiger partial charge on any atom is -0.508 e. The number of phenolic OH excluding ortho intramolecular Hbond substituents is 1. The van der Waals surface area contributed by atoms with Crippen molar-refractivity contribution < 1.29 is 14.7 Å². The van der Waals surface area contributed by atoms with E-state index in [1.165, 1.54) is 12.1 Å². The highest BCUT2D eigenvalue weighted by molar-refractivity contribution is 5.87. The zero-order valence-corrected chi connectivity index (χ0v) is 14.5. The number of benzene rings is 1. The first-order valence-electron chi connectivity index (χ1n) is 8.20. The maximum absolute atomic E-state index is 12.2. The molecule has 0 fully saturated rings. The summed E-state index contributed by atoms with van der Waals surface area (Å²) >= 11 is 0. The molecule has 0 saturated heterocycles. The molecule has 0 heterocycles. The van der Waals surface area contributed by atoms with Crippen LogP contribution in [0.3, 0.4) is 0 Å². The molecule has 10 heteroatoms. The number of hydrazine groups is 1. The van der Waals surface area contributed by atoms with Crippen LogP contribution in [0.5, 0.6) is 5.75 Å². The van der Waals surface area contributed by atoms with Crippen molar-refractivity contribution in [2.24, 2.45) is 28.0 Å². The van der Waals surface area contributed by atoms with Gasteiger partial charge in [0.1, 0.15) is 11.8 Å². The number of primary amides is 1. The van der Waals surface area contributed by atoms with E-state index in [-0.39, 0.29) is 36.5 Å². The first kappa shape index (κ1) is 21.2. The Labute approximate surface area is 152 Å². The molecule has 1 aromatic rings. The molecule has 26 heavy (non-hydrogen) atoms. The third-order valence-electron chi connectivity index (χ3n) is 3.73. The van der Waals surface area contributed by atoms with E-state index in [2.05, 4.69) is 15.7 Å². The van der Waals surface area contributed by atoms with Gasteiger partial charge in [-0.25, -0.2) is 0 Å². The number of rotatable bonds is 11. The van der Waals surface area contributed by atoms with Gasteiger partial charge >= 0.3 is 0 Å². The number of carbonyl (C=O) groups excluding carboxylic acids is 2. The number of nitrogens with one attached hydrogen (secondary N) is 2. The van der Waals surface area contributed by atoms with E-state index in [9.17, 15) is 14.7 Å². The SMILES string of the molecule is NN[C@@H](CCCN=C(N)N)CC(=O)N[C@@H](Cc1ccc(O)cc1)C(N)=O. The number of aliphatic imine (C=N–C) groups is 1. The lowest BCUT2D eigenvalue weighted by Gasteiger charge is -2.19. The van der Waals surface area contributed by atoms with Crippen molar-refractivity contribution in [1.82, 2.24) is 10.7 Å². The second-order valence-corrected chi connectivity index (χ2v) is 5.91. The molecule has 1 aromatic carbocycles. The predicted octanol–water partition coefficient (Wildman–Crippen LogP) is -1.82. The van der Waals surface area contributed by atoms with Gasteiger partial charge in [-0.2, -0.15) is 0 Å². The summed E-state index contributed by atoms with van der Waals surface area (Å²) in [5.74, 6) is 4.60. The van der Waals surface area contributed by atoms with E-state index >= 15 is 0 Å². The van der Waals surface area contributed by atoms with Crippen LogP contribution in [0.1, 0.15) is 24.8 Å². The molecule has 144 valence electrons. The standard InChI is InChI=1S/C16H27N7O3/c17-15(26)13(8-10-3-5-12(24)6-4-10)22-14(25)9-11(23-20)2-1-7-21-16(18)19/h3-6,11,13,23-24H,1-2,7-9,20H2,(H2,17,26)(H,22,25)(H4,18,19,21)/t11-,13-/m0/s1. The van der Waals surface area contributed by atoms with Crippen molar-refractivity contribution in [2.75, 3.05) is 6.54 Å². The van der Waals surface area contributed by atoms with E-state index in [1.54, 1.807) is 12.1 Å². The van der Waals surface area contributed by atoms with Crippen molar-refractivity contribution in [2.45, 2.75) is 37.8 Å². The Balaban J connectivity index is 2.53. The first-order chi connectivity index (χ1) is 12.3. The summed E-state index contributed by atoms with van der Waals surface area (Å²) < 4.78 is 0. The Hall–Kier alpha value is -2.85. The maximum Gasteiger partial charge on any atom is 0.240 e. The Morgan fingerprint density at radius 1 is 1.15 bits per heavy atom. The van der Waals surface area contributed by atoms with Crippen LogP contribution >= 0.6 is 0 Å². The molecule has 10 nitrogen and oxygen atoms in total. The van der Waals surface area contributed by atoms with E-state index < -0.39 is 11.9 Å². The fourth-order valence-corrected chi connectivity index (χ4v) is 2.36. The molecule has 0 saturated carbocycles. The molecule has 11 N–H and O–H groups in total. The van der Waals surface area contributed by atoms with Gasteiger partial charge in [-0.1, -0.05) is 12.1 Å². The average molecular weight is 365 g/mol. The minimum atomic E-state index is -0.855. The van der Waals surface area contributed by atoms with Gasteiger partial charge < -0.3 is 27.6 Å². The monoisotopic (exact) mass is 365 g/mol. The van der Waals surface area contributed by atoms with E-state index in [0.29, 0.717) is 19.4 Å². The summed E-state index contributed by atoms with van der Waals surface area (Å²) in [5.41, 5.74) is 19.2. The van der Waals surface area contributed by atoms with Gasteiger partial charge in [-0.3, -0.25) is 25.8 Å². The van der Waals surface area contributed by atoms with E-state index in [0.717, 1.165) is 5.56 Å². The van der Waals surface area contributed by atoms with Crippen molar-refractivity contribution in [3.63, 3.8) is 0 Å². The summed E-state index contributed by atoms with van der Waals surface area (Å²) in [5, 5.41) is 11.9. The number of nitrogens with two attached hydrogens (primary N) is 4. The maximum atomic E-state index is 12.2. The molecule has 0 bridgehead atoms. The van der Waals surface area contributed by atoms with Crippen LogP contribution in [0, 0.1) is 0 Å². The van der Waals surface area contributed by atoms with Gasteiger partial charge in [0, 0.05) is 25.4 Å². The van der Waals surface area contributed by atoms with E-state index in [1.807, 2.05) is 0 Å². The van der Waals surface area contributed by atoms with Crippen molar-refractivity contribution in [3.8, 4) is 5.75 Å². The van der Waals surface area contributed by atoms with Crippen LogP contribution < -0.4 is 33.8 Å². The number of phenols is 1. The highest BCUT2D eigenvalue weighted by atomic mass is 16.3. The fraction of sp³-hybridized carbons (Fsp3) is 0.438. The number of amides is 2. The summed E-state index contributed by atoms with van der Waals surface area (Å²) in [7, 11) is 0. The van der Waals surface area contributed by atoms with Crippen LogP contribution in [0.25, 0.3) is 0 Å². The van der Waals surface area contributed by atoms with Gasteiger partial charge in [0.15, 0.2) is 5.96 Å². The third-order valence-corrected chi connectivity index (χ3v) is 3.73. The number of aromatic hydroxyl groups is 1. The smallest absolute Gasteiger partial charge is 0.240 e. The molecular formula is C16H27N7O3. The Morgan fingerprint density at radius 2 is 1.81 bits per heavy atom. The molecule has 0 aliphatic rings. The lowest BCUT2D eigenvalue weighted by atomic mass is 10.0. The third kappa shape index (κ3) is 8.31. The molecule has 1 rings (SSSR count). The molecule has 0 aromatic heterocycles. The highest BCUT2D eigenvalue weighted by Gasteiger charge is 2.20. The zero-order valence-electron chi connectivity index (χ0n) is 14.5. The quantitative estimate of drug-likeness (QED) is 0.0787. The molecular weight excluding hydrogens is 338 g/mol. The number of nitrogens with zero attached hydrogens (tertiary/aromatic N) is 1. The first-order valence-corrected chi connectivity index (χ1v) is 8.20. The van der Waals surface area contributed by atoms with E-state index in [4.69, 9.17) is 23.0 Å². The molecule has 2 amide bonds. The van der Waals surface area contributed by atoms with Crippen molar-refractivity contribution in [3.05, 3.63) is 29.8 Å². The number of hydrogen-bond acceptors (Lipinski definition) is 6. The highest BCUT2D eigenvalue weighted by Crippen LogP contribution is 2.11. The second-order valence-electron chi connectivity index (χ2n) is 5.91. The van der Waals surface area contributed by atoms with Crippen molar-refractivity contribution >= 4 is 17.8 Å². The number of guanidine groups is 1. The van der Waals surface area contributed by atoms with Crippen LogP contribution in [0.15, 0.2) is 29.3 Å². The summed E-state index contributed by atoms with van der Waals surface area (Å²) in [6.07, 6.45) is 1.54. The zero-order chi connectivity index (χ0) is 19.5. The predicted molar refractivity (Wildman–Crippen MR) is 98.6 cm³/mol. The fourth-order valence-electron chi connectivity index (χ4n) is 2.36. The van der Waals surface area contributed by atoms with Crippen LogP contribution in [0.4, 0.5) is 0 Å². The number of carbonyl (C=O) groups is 2.